The molecule has 1 N–H and O–H groups in total. The molecule has 0 aliphatic carbocycles. The maximum Gasteiger partial charge on any atom is 0.417 e. The molecule has 0 saturated carbocycles. The minimum absolute atomic E-state index is 0.144. The van der Waals surface area contributed by atoms with Gasteiger partial charge in [-0.1, -0.05) is 0 Å². The van der Waals surface area contributed by atoms with Gasteiger partial charge in [-0.05, 0) is 19.8 Å². The van der Waals surface area contributed by atoms with E-state index in [1.165, 1.54) is 5.32 Å². The fourth-order valence-corrected chi connectivity index (χ4v) is 1.64. The molecule has 0 aromatic carbocycles. The summed E-state index contributed by atoms with van der Waals surface area (Å²) in [4.78, 5) is 12.6. The van der Waals surface area contributed by atoms with Gasteiger partial charge >= 0.3 is 12.2 Å². The summed E-state index contributed by atoms with van der Waals surface area (Å²) in [5.74, 6) is -4.11. The fourth-order valence-electron chi connectivity index (χ4n) is 1.64. The van der Waals surface area contributed by atoms with Crippen LogP contribution in [0.3, 0.4) is 0 Å². The molecule has 0 aromatic rings. The predicted molar refractivity (Wildman–Crippen MR) is 54.4 cm³/mol. The second-order valence-corrected chi connectivity index (χ2v) is 4.64. The van der Waals surface area contributed by atoms with Gasteiger partial charge in [0.15, 0.2) is 5.54 Å². The normalized spacial score (nSPS) is 20.7. The molecular weight excluding hydrogens is 259 g/mol. The average Bonchev–Trinajstić information content (AvgIpc) is 2.66. The Morgan fingerprint density at radius 1 is 1.06 bits per heavy atom. The van der Waals surface area contributed by atoms with E-state index in [-0.39, 0.29) is 20.0 Å². The van der Waals surface area contributed by atoms with Crippen LogP contribution in [0.4, 0.5) is 26.7 Å². The largest absolute Gasteiger partial charge is 0.417 e. The highest BCUT2D eigenvalue weighted by Gasteiger charge is 2.65. The summed E-state index contributed by atoms with van der Waals surface area (Å²) in [5.41, 5.74) is -3.57. The fraction of sp³-hybridized carbons (Fsp3) is 0.900. The van der Waals surface area contributed by atoms with E-state index in [2.05, 4.69) is 0 Å². The number of carbonyl (C=O) groups excluding carboxylic acids is 1. The first-order valence-electron chi connectivity index (χ1n) is 5.51. The number of hydrogen-bond acceptors (Lipinski definition) is 1. The van der Waals surface area contributed by atoms with Crippen molar-refractivity contribution in [3.8, 4) is 0 Å². The lowest BCUT2D eigenvalue weighted by atomic mass is 9.94. The Kier molecular flexibility index (Phi) is 3.78. The standard InChI is InChI=1S/C10H15F5N2O/c1-8(9(2,11)12,10(13,14)15)16-7(18)17-5-3-4-6-17/h3-6H2,1-2H3,(H,16,18). The van der Waals surface area contributed by atoms with Crippen LogP contribution in [0, 0.1) is 0 Å². The van der Waals surface area contributed by atoms with Crippen molar-refractivity contribution < 1.29 is 26.7 Å². The van der Waals surface area contributed by atoms with Crippen molar-refractivity contribution in [1.29, 1.82) is 0 Å². The molecule has 0 bridgehead atoms. The minimum atomic E-state index is -5.24. The summed E-state index contributed by atoms with van der Waals surface area (Å²) in [7, 11) is 0. The third-order valence-electron chi connectivity index (χ3n) is 3.20. The van der Waals surface area contributed by atoms with Crippen LogP contribution < -0.4 is 5.32 Å². The van der Waals surface area contributed by atoms with E-state index in [0.717, 1.165) is 4.90 Å². The first kappa shape index (κ1) is 15.0. The number of carbonyl (C=O) groups is 1. The van der Waals surface area contributed by atoms with Crippen molar-refractivity contribution in [3.05, 3.63) is 0 Å². The van der Waals surface area contributed by atoms with Gasteiger partial charge in [-0.2, -0.15) is 13.2 Å². The molecule has 0 aromatic heterocycles. The Labute approximate surface area is 101 Å². The van der Waals surface area contributed by atoms with E-state index in [1.807, 2.05) is 0 Å². The van der Waals surface area contributed by atoms with Crippen LogP contribution in [0.15, 0.2) is 0 Å². The molecular formula is C10H15F5N2O. The number of amides is 2. The lowest BCUT2D eigenvalue weighted by molar-refractivity contribution is -0.250. The number of halogens is 5. The minimum Gasteiger partial charge on any atom is -0.325 e. The van der Waals surface area contributed by atoms with Gasteiger partial charge < -0.3 is 10.2 Å². The van der Waals surface area contributed by atoms with Crippen molar-refractivity contribution in [1.82, 2.24) is 10.2 Å². The van der Waals surface area contributed by atoms with E-state index in [1.54, 1.807) is 0 Å². The Morgan fingerprint density at radius 2 is 1.50 bits per heavy atom. The van der Waals surface area contributed by atoms with Gasteiger partial charge in [-0.15, -0.1) is 0 Å². The number of likely N-dealkylation sites (tertiary alicyclic amines) is 1. The Bertz CT molecular complexity index is 303. The quantitative estimate of drug-likeness (QED) is 0.771. The van der Waals surface area contributed by atoms with E-state index in [0.29, 0.717) is 19.8 Å². The predicted octanol–water partition coefficient (Wildman–Crippen LogP) is 2.77. The van der Waals surface area contributed by atoms with E-state index >= 15 is 0 Å². The zero-order chi connectivity index (χ0) is 14.2. The monoisotopic (exact) mass is 274 g/mol. The molecule has 0 radical (unpaired) electrons. The number of hydrogen-bond donors (Lipinski definition) is 1. The van der Waals surface area contributed by atoms with Gasteiger partial charge in [0.2, 0.25) is 0 Å². The van der Waals surface area contributed by atoms with Crippen molar-refractivity contribution in [2.45, 2.75) is 44.3 Å². The zero-order valence-electron chi connectivity index (χ0n) is 10.1. The third-order valence-corrected chi connectivity index (χ3v) is 3.20. The molecule has 1 unspecified atom stereocenters. The molecule has 1 rings (SSSR count). The van der Waals surface area contributed by atoms with E-state index < -0.39 is 23.7 Å². The van der Waals surface area contributed by atoms with E-state index in [9.17, 15) is 26.7 Å². The molecule has 1 fully saturated rings. The van der Waals surface area contributed by atoms with Crippen LogP contribution in [-0.4, -0.2) is 41.7 Å². The Balaban J connectivity index is 2.89. The van der Waals surface area contributed by atoms with Crippen molar-refractivity contribution in [2.75, 3.05) is 13.1 Å². The summed E-state index contributed by atoms with van der Waals surface area (Å²) >= 11 is 0. The van der Waals surface area contributed by atoms with Crippen molar-refractivity contribution in [2.24, 2.45) is 0 Å². The van der Waals surface area contributed by atoms with Gasteiger partial charge in [0.1, 0.15) is 0 Å². The molecule has 1 heterocycles. The molecule has 1 saturated heterocycles. The van der Waals surface area contributed by atoms with Gasteiger partial charge in [0.05, 0.1) is 0 Å². The lowest BCUT2D eigenvalue weighted by Gasteiger charge is -2.38. The number of rotatable bonds is 2. The van der Waals surface area contributed by atoms with Crippen LogP contribution >= 0.6 is 0 Å². The number of alkyl halides is 5. The molecule has 3 nitrogen and oxygen atoms in total. The topological polar surface area (TPSA) is 32.3 Å². The molecule has 0 spiro atoms. The van der Waals surface area contributed by atoms with Crippen LogP contribution in [0.25, 0.3) is 0 Å². The molecule has 8 heteroatoms. The SMILES string of the molecule is CC(F)(F)C(C)(NC(=O)N1CCCC1)C(F)(F)F. The first-order chi connectivity index (χ1) is 7.99. The molecule has 1 aliphatic heterocycles. The van der Waals surface area contributed by atoms with E-state index in [4.69, 9.17) is 0 Å². The smallest absolute Gasteiger partial charge is 0.325 e. The van der Waals surface area contributed by atoms with Crippen molar-refractivity contribution >= 4 is 6.03 Å². The lowest BCUT2D eigenvalue weighted by Crippen LogP contribution is -2.67. The molecule has 1 aliphatic rings. The molecule has 1 atom stereocenters. The van der Waals surface area contributed by atoms with Gasteiger partial charge in [0, 0.05) is 20.0 Å². The van der Waals surface area contributed by atoms with Gasteiger partial charge in [-0.25, -0.2) is 13.6 Å². The summed E-state index contributed by atoms with van der Waals surface area (Å²) < 4.78 is 64.5. The van der Waals surface area contributed by atoms with Crippen LogP contribution in [0.5, 0.6) is 0 Å². The second-order valence-electron chi connectivity index (χ2n) is 4.64. The highest BCUT2D eigenvalue weighted by molar-refractivity contribution is 5.75. The Morgan fingerprint density at radius 3 is 1.83 bits per heavy atom. The van der Waals surface area contributed by atoms with Crippen LogP contribution in [0.1, 0.15) is 26.7 Å². The number of urea groups is 1. The first-order valence-corrected chi connectivity index (χ1v) is 5.51. The highest BCUT2D eigenvalue weighted by atomic mass is 19.4. The number of nitrogens with one attached hydrogen (secondary N) is 1. The third kappa shape index (κ3) is 2.67. The Hall–Kier alpha value is -1.08. The molecule has 106 valence electrons. The van der Waals surface area contributed by atoms with Crippen molar-refractivity contribution in [3.63, 3.8) is 0 Å². The van der Waals surface area contributed by atoms with Gasteiger partial charge in [0.25, 0.3) is 5.92 Å². The molecule has 18 heavy (non-hydrogen) atoms. The maximum absolute atomic E-state index is 13.2. The number of nitrogens with zero attached hydrogens (tertiary/aromatic N) is 1. The van der Waals surface area contributed by atoms with Crippen LogP contribution in [-0.2, 0) is 0 Å². The summed E-state index contributed by atoms with van der Waals surface area (Å²) in [6, 6.07) is -1.10. The highest BCUT2D eigenvalue weighted by Crippen LogP contribution is 2.41. The summed E-state index contributed by atoms with van der Waals surface area (Å²) in [6.07, 6.45) is -3.90. The average molecular weight is 274 g/mol. The van der Waals surface area contributed by atoms with Crippen LogP contribution in [0.2, 0.25) is 0 Å². The summed E-state index contributed by atoms with van der Waals surface area (Å²) in [5, 5.41) is 1.43. The second kappa shape index (κ2) is 4.55. The summed E-state index contributed by atoms with van der Waals surface area (Å²) in [6.45, 7) is 1.01. The zero-order valence-corrected chi connectivity index (χ0v) is 10.1. The molecule has 2 amide bonds. The maximum atomic E-state index is 13.2. The van der Waals surface area contributed by atoms with Gasteiger partial charge in [-0.3, -0.25) is 0 Å².